The maximum Gasteiger partial charge on any atom is 0.272 e. The number of nitrogens with two attached hydrogens (primary N) is 1. The van der Waals surface area contributed by atoms with E-state index in [1.807, 2.05) is 30.9 Å². The molecule has 38 heavy (non-hydrogen) atoms. The number of pyridine rings is 1. The molecule has 9 nitrogen and oxygen atoms in total. The number of benzene rings is 1. The Hall–Kier alpha value is -4.18. The van der Waals surface area contributed by atoms with Crippen LogP contribution in [0.15, 0.2) is 60.9 Å². The molecule has 1 saturated heterocycles. The zero-order chi connectivity index (χ0) is 26.6. The summed E-state index contributed by atoms with van der Waals surface area (Å²) in [6.07, 6.45) is 3.96. The Bertz CT molecular complexity index is 1500. The number of ether oxygens (including phenoxy) is 1. The molecule has 4 aromatic rings. The first-order chi connectivity index (χ1) is 18.2. The molecule has 1 aromatic carbocycles. The molecule has 0 bridgehead atoms. The third-order valence-corrected chi connectivity index (χ3v) is 7.37. The lowest BCUT2D eigenvalue weighted by atomic mass is 9.68. The van der Waals surface area contributed by atoms with Gasteiger partial charge in [-0.3, -0.25) is 9.48 Å². The first-order valence-electron chi connectivity index (χ1n) is 12.5. The van der Waals surface area contributed by atoms with E-state index in [1.165, 1.54) is 12.1 Å². The van der Waals surface area contributed by atoms with Gasteiger partial charge in [0.1, 0.15) is 23.3 Å². The molecule has 2 N–H and O–H groups in total. The molecule has 1 saturated carbocycles. The summed E-state index contributed by atoms with van der Waals surface area (Å²) in [6, 6.07) is 13.6. The number of likely N-dealkylation sites (tertiary alicyclic amines) is 1. The Morgan fingerprint density at radius 2 is 1.84 bits per heavy atom. The number of piperidine rings is 1. The Morgan fingerprint density at radius 3 is 2.50 bits per heavy atom. The first kappa shape index (κ1) is 24.2. The zero-order valence-corrected chi connectivity index (χ0v) is 21.4. The van der Waals surface area contributed by atoms with Crippen molar-refractivity contribution in [2.24, 2.45) is 18.7 Å². The van der Waals surface area contributed by atoms with E-state index in [-0.39, 0.29) is 29.8 Å². The van der Waals surface area contributed by atoms with Crippen LogP contribution in [0, 0.1) is 11.7 Å². The standard InChI is InChI=1S/C28H28FN7O2/c1-28(2,30)17-11-20(16-5-7-18(29)8-6-16)33-25(12-17)38-24-14-22-19(24)15-36(22)27(37)23-13-21(34-35(23)3)26-31-9-4-10-32-26/h4-13,19,22,24H,14-15,30H2,1-3H3/t19-,22-,24-/m1/s1. The summed E-state index contributed by atoms with van der Waals surface area (Å²) in [5, 5.41) is 4.42. The minimum Gasteiger partial charge on any atom is -0.474 e. The van der Waals surface area contributed by atoms with Crippen LogP contribution < -0.4 is 10.5 Å². The highest BCUT2D eigenvalue weighted by Crippen LogP contribution is 2.45. The van der Waals surface area contributed by atoms with Gasteiger partial charge in [0.25, 0.3) is 5.91 Å². The fourth-order valence-electron chi connectivity index (χ4n) is 5.05. The number of halogens is 1. The second-order valence-electron chi connectivity index (χ2n) is 10.5. The monoisotopic (exact) mass is 513 g/mol. The predicted molar refractivity (Wildman–Crippen MR) is 138 cm³/mol. The quantitative estimate of drug-likeness (QED) is 0.420. The summed E-state index contributed by atoms with van der Waals surface area (Å²) in [5.41, 5.74) is 9.17. The van der Waals surface area contributed by atoms with Crippen molar-refractivity contribution in [1.29, 1.82) is 0 Å². The van der Waals surface area contributed by atoms with E-state index in [4.69, 9.17) is 15.5 Å². The Labute approximate surface area is 219 Å². The van der Waals surface area contributed by atoms with Crippen molar-refractivity contribution in [2.75, 3.05) is 6.54 Å². The maximum absolute atomic E-state index is 13.5. The van der Waals surface area contributed by atoms with Gasteiger partial charge >= 0.3 is 0 Å². The Balaban J connectivity index is 1.16. The van der Waals surface area contributed by atoms with Crippen molar-refractivity contribution in [1.82, 2.24) is 29.6 Å². The van der Waals surface area contributed by atoms with Gasteiger partial charge in [-0.15, -0.1) is 0 Å². The smallest absolute Gasteiger partial charge is 0.272 e. The van der Waals surface area contributed by atoms with Gasteiger partial charge in [0.05, 0.1) is 5.69 Å². The van der Waals surface area contributed by atoms with Gasteiger partial charge in [0.2, 0.25) is 5.88 Å². The van der Waals surface area contributed by atoms with Crippen LogP contribution in [0.1, 0.15) is 36.3 Å². The number of rotatable bonds is 6. The average Bonchev–Trinajstić information content (AvgIpc) is 3.28. The minimum absolute atomic E-state index is 0.0476. The number of fused-ring (bicyclic) bond motifs is 1. The summed E-state index contributed by atoms with van der Waals surface area (Å²) < 4.78 is 21.3. The van der Waals surface area contributed by atoms with Gasteiger partial charge in [0, 0.05) is 67.6 Å². The number of amides is 1. The summed E-state index contributed by atoms with van der Waals surface area (Å²) in [5.74, 6) is 0.824. The number of aromatic nitrogens is 5. The van der Waals surface area contributed by atoms with E-state index < -0.39 is 5.54 Å². The Morgan fingerprint density at radius 1 is 1.11 bits per heavy atom. The molecule has 3 aromatic heterocycles. The Kier molecular flexibility index (Phi) is 5.71. The van der Waals surface area contributed by atoms with Crippen LogP contribution in [0.2, 0.25) is 0 Å². The number of hydrogen-bond acceptors (Lipinski definition) is 7. The van der Waals surface area contributed by atoms with Crippen LogP contribution in [-0.2, 0) is 12.6 Å². The van der Waals surface area contributed by atoms with Crippen molar-refractivity contribution in [3.05, 3.63) is 78.0 Å². The molecule has 0 unspecified atom stereocenters. The molecule has 0 radical (unpaired) electrons. The van der Waals surface area contributed by atoms with E-state index in [2.05, 4.69) is 15.1 Å². The average molecular weight is 514 g/mol. The molecule has 1 aliphatic heterocycles. The third kappa shape index (κ3) is 4.30. The van der Waals surface area contributed by atoms with Crippen molar-refractivity contribution in [3.63, 3.8) is 0 Å². The number of nitrogens with zero attached hydrogens (tertiary/aromatic N) is 6. The largest absolute Gasteiger partial charge is 0.474 e. The summed E-state index contributed by atoms with van der Waals surface area (Å²) in [6.45, 7) is 4.44. The zero-order valence-electron chi connectivity index (χ0n) is 21.4. The van der Waals surface area contributed by atoms with Crippen LogP contribution in [0.3, 0.4) is 0 Å². The van der Waals surface area contributed by atoms with Crippen molar-refractivity contribution in [3.8, 4) is 28.7 Å². The minimum atomic E-state index is -0.607. The van der Waals surface area contributed by atoms with Crippen molar-refractivity contribution in [2.45, 2.75) is 38.0 Å². The molecule has 10 heteroatoms. The summed E-state index contributed by atoms with van der Waals surface area (Å²) in [4.78, 5) is 28.3. The number of carbonyl (C=O) groups excluding carboxylic acids is 1. The summed E-state index contributed by atoms with van der Waals surface area (Å²) in [7, 11) is 1.75. The molecule has 1 aliphatic carbocycles. The number of carbonyl (C=O) groups is 1. The SMILES string of the molecule is Cn1nc(-c2ncccn2)cc1C(=O)N1C[C@@H]2[C@H]1C[C@H]2Oc1cc(C(C)(C)N)cc(-c2ccc(F)cc2)n1. The third-order valence-electron chi connectivity index (χ3n) is 7.37. The van der Waals surface area contributed by atoms with E-state index in [9.17, 15) is 9.18 Å². The van der Waals surface area contributed by atoms with Crippen LogP contribution in [0.5, 0.6) is 5.88 Å². The van der Waals surface area contributed by atoms with Gasteiger partial charge in [0.15, 0.2) is 5.82 Å². The molecule has 2 aliphatic rings. The van der Waals surface area contributed by atoms with Crippen molar-refractivity contribution >= 4 is 5.91 Å². The number of aryl methyl sites for hydroxylation is 1. The fraction of sp³-hybridized carbons (Fsp3) is 0.321. The van der Waals surface area contributed by atoms with E-state index in [0.29, 0.717) is 41.8 Å². The lowest BCUT2D eigenvalue weighted by molar-refractivity contribution is -0.119. The highest BCUT2D eigenvalue weighted by Gasteiger charge is 2.56. The van der Waals surface area contributed by atoms with Gasteiger partial charge < -0.3 is 15.4 Å². The molecule has 194 valence electrons. The van der Waals surface area contributed by atoms with Gasteiger partial charge in [-0.1, -0.05) is 0 Å². The molecule has 1 amide bonds. The van der Waals surface area contributed by atoms with Gasteiger partial charge in [-0.25, -0.2) is 19.3 Å². The summed E-state index contributed by atoms with van der Waals surface area (Å²) >= 11 is 0. The van der Waals surface area contributed by atoms with Crippen LogP contribution >= 0.6 is 0 Å². The lowest BCUT2D eigenvalue weighted by Gasteiger charge is -2.59. The fourth-order valence-corrected chi connectivity index (χ4v) is 5.05. The molecular weight excluding hydrogens is 485 g/mol. The molecular formula is C28H28FN7O2. The van der Waals surface area contributed by atoms with E-state index >= 15 is 0 Å². The second kappa shape index (κ2) is 8.98. The van der Waals surface area contributed by atoms with Gasteiger partial charge in [-0.2, -0.15) is 5.10 Å². The van der Waals surface area contributed by atoms with Crippen LogP contribution in [0.4, 0.5) is 4.39 Å². The highest BCUT2D eigenvalue weighted by atomic mass is 19.1. The normalized spacial score (nSPS) is 20.3. The van der Waals surface area contributed by atoms with E-state index in [1.54, 1.807) is 48.4 Å². The second-order valence-corrected chi connectivity index (χ2v) is 10.5. The van der Waals surface area contributed by atoms with Crippen LogP contribution in [-0.4, -0.2) is 54.2 Å². The molecule has 6 rings (SSSR count). The van der Waals surface area contributed by atoms with E-state index in [0.717, 1.165) is 11.1 Å². The molecule has 0 spiro atoms. The topological polar surface area (TPSA) is 112 Å². The van der Waals surface area contributed by atoms with Crippen LogP contribution in [0.25, 0.3) is 22.8 Å². The lowest BCUT2D eigenvalue weighted by Crippen LogP contribution is -2.71. The molecule has 2 fully saturated rings. The number of hydrogen-bond donors (Lipinski definition) is 1. The maximum atomic E-state index is 13.5. The van der Waals surface area contributed by atoms with Gasteiger partial charge in [-0.05, 0) is 55.8 Å². The molecule has 4 heterocycles. The van der Waals surface area contributed by atoms with Crippen molar-refractivity contribution < 1.29 is 13.9 Å². The first-order valence-corrected chi connectivity index (χ1v) is 12.5. The highest BCUT2D eigenvalue weighted by molar-refractivity contribution is 5.94. The molecule has 3 atom stereocenters. The predicted octanol–water partition coefficient (Wildman–Crippen LogP) is 3.56.